The van der Waals surface area contributed by atoms with Gasteiger partial charge in [0.05, 0.1) is 16.6 Å². The van der Waals surface area contributed by atoms with Crippen molar-refractivity contribution in [2.24, 2.45) is 7.05 Å². The Hall–Kier alpha value is -2.57. The Bertz CT molecular complexity index is 911. The van der Waals surface area contributed by atoms with E-state index >= 15 is 0 Å². The summed E-state index contributed by atoms with van der Waals surface area (Å²) in [7, 11) is 1.85. The molecule has 0 fully saturated rings. The predicted molar refractivity (Wildman–Crippen MR) is 94.5 cm³/mol. The lowest BCUT2D eigenvalue weighted by molar-refractivity contribution is 0.102. The van der Waals surface area contributed by atoms with Crippen LogP contribution in [0.15, 0.2) is 6.07 Å². The Kier molecular flexibility index (Phi) is 3.95. The molecule has 7 heteroatoms. The largest absolute Gasteiger partial charge is 0.346 e. The maximum absolute atomic E-state index is 12.8. The van der Waals surface area contributed by atoms with E-state index in [9.17, 15) is 4.79 Å². The van der Waals surface area contributed by atoms with Gasteiger partial charge in [-0.25, -0.2) is 4.68 Å². The van der Waals surface area contributed by atoms with Gasteiger partial charge < -0.3 is 9.88 Å². The highest BCUT2D eigenvalue weighted by Gasteiger charge is 2.21. The third-order valence-electron chi connectivity index (χ3n) is 4.43. The standard InChI is InChI=1S/C17H24N6O/c1-7-13-14-15(19-20-16(14)22(6)21-13)18-17(24)12-8-10(4)23(9(2)3)11(12)5/h8-9H,7H2,1-6H3,(H2,18,19,20,24). The molecule has 0 aliphatic rings. The number of aromatic amines is 1. The number of nitrogens with one attached hydrogen (secondary N) is 2. The predicted octanol–water partition coefficient (Wildman–Crippen LogP) is 3.11. The van der Waals surface area contributed by atoms with E-state index in [4.69, 9.17) is 0 Å². The van der Waals surface area contributed by atoms with E-state index < -0.39 is 0 Å². The van der Waals surface area contributed by atoms with Gasteiger partial charge in [0.25, 0.3) is 5.91 Å². The molecule has 0 aliphatic heterocycles. The third-order valence-corrected chi connectivity index (χ3v) is 4.43. The summed E-state index contributed by atoms with van der Waals surface area (Å²) in [5, 5.41) is 15.5. The maximum atomic E-state index is 12.8. The second-order valence-electron chi connectivity index (χ2n) is 6.42. The van der Waals surface area contributed by atoms with E-state index in [1.807, 2.05) is 33.9 Å². The number of H-pyrrole nitrogens is 1. The summed E-state index contributed by atoms with van der Waals surface area (Å²) in [5.74, 6) is 0.473. The number of nitrogens with zero attached hydrogens (tertiary/aromatic N) is 4. The first-order valence-electron chi connectivity index (χ1n) is 8.24. The van der Waals surface area contributed by atoms with Crippen LogP contribution in [0.5, 0.6) is 0 Å². The van der Waals surface area contributed by atoms with Crippen molar-refractivity contribution in [3.8, 4) is 0 Å². The van der Waals surface area contributed by atoms with Gasteiger partial charge in [-0.3, -0.25) is 9.89 Å². The van der Waals surface area contributed by atoms with Gasteiger partial charge in [0.15, 0.2) is 5.65 Å². The zero-order valence-corrected chi connectivity index (χ0v) is 15.1. The molecule has 0 radical (unpaired) electrons. The van der Waals surface area contributed by atoms with Crippen molar-refractivity contribution in [1.82, 2.24) is 24.5 Å². The highest BCUT2D eigenvalue weighted by Crippen LogP contribution is 2.26. The summed E-state index contributed by atoms with van der Waals surface area (Å²) in [6.07, 6.45) is 0.779. The molecule has 0 atom stereocenters. The zero-order chi connectivity index (χ0) is 17.6. The Balaban J connectivity index is 1.98. The molecule has 0 spiro atoms. The summed E-state index contributed by atoms with van der Waals surface area (Å²) < 4.78 is 3.89. The molecule has 0 aliphatic carbocycles. The summed E-state index contributed by atoms with van der Waals surface area (Å²) in [5.41, 5.74) is 4.40. The second kappa shape index (κ2) is 5.81. The fourth-order valence-corrected chi connectivity index (χ4v) is 3.44. The smallest absolute Gasteiger partial charge is 0.258 e. The number of rotatable bonds is 4. The first-order valence-corrected chi connectivity index (χ1v) is 8.24. The van der Waals surface area contributed by atoms with E-state index in [2.05, 4.69) is 39.0 Å². The van der Waals surface area contributed by atoms with Crippen molar-refractivity contribution in [3.63, 3.8) is 0 Å². The highest BCUT2D eigenvalue weighted by atomic mass is 16.1. The van der Waals surface area contributed by atoms with Gasteiger partial charge in [0.2, 0.25) is 0 Å². The molecule has 2 N–H and O–H groups in total. The SMILES string of the molecule is CCc1nn(C)c2n[nH]c(NC(=O)c3cc(C)n(C(C)C)c3C)c12. The Morgan fingerprint density at radius 3 is 2.67 bits per heavy atom. The van der Waals surface area contributed by atoms with Crippen LogP contribution in [0.3, 0.4) is 0 Å². The van der Waals surface area contributed by atoms with Gasteiger partial charge in [-0.05, 0) is 40.2 Å². The molecule has 3 heterocycles. The molecular formula is C17H24N6O. The molecule has 7 nitrogen and oxygen atoms in total. The van der Waals surface area contributed by atoms with E-state index in [-0.39, 0.29) is 5.91 Å². The fourth-order valence-electron chi connectivity index (χ4n) is 3.44. The minimum atomic E-state index is -0.133. The van der Waals surface area contributed by atoms with Crippen LogP contribution < -0.4 is 5.32 Å². The van der Waals surface area contributed by atoms with Crippen molar-refractivity contribution in [1.29, 1.82) is 0 Å². The molecule has 0 unspecified atom stereocenters. The van der Waals surface area contributed by atoms with Crippen LogP contribution in [0.2, 0.25) is 0 Å². The lowest BCUT2D eigenvalue weighted by atomic mass is 10.2. The number of aryl methyl sites for hydroxylation is 3. The molecule has 0 saturated carbocycles. The number of aromatic nitrogens is 5. The molecule has 0 saturated heterocycles. The maximum Gasteiger partial charge on any atom is 0.258 e. The van der Waals surface area contributed by atoms with Gasteiger partial charge in [-0.2, -0.15) is 10.2 Å². The summed E-state index contributed by atoms with van der Waals surface area (Å²) in [6.45, 7) is 10.3. The van der Waals surface area contributed by atoms with Gasteiger partial charge >= 0.3 is 0 Å². The average molecular weight is 328 g/mol. The molecule has 24 heavy (non-hydrogen) atoms. The summed E-state index contributed by atoms with van der Waals surface area (Å²) in [4.78, 5) is 12.8. The van der Waals surface area contributed by atoms with Crippen molar-refractivity contribution in [2.45, 2.75) is 47.1 Å². The molecule has 128 valence electrons. The van der Waals surface area contributed by atoms with Crippen LogP contribution in [0, 0.1) is 13.8 Å². The summed E-state index contributed by atoms with van der Waals surface area (Å²) >= 11 is 0. The number of carbonyl (C=O) groups is 1. The van der Waals surface area contributed by atoms with Crippen LogP contribution in [0.25, 0.3) is 11.0 Å². The van der Waals surface area contributed by atoms with E-state index in [1.54, 1.807) is 4.68 Å². The van der Waals surface area contributed by atoms with Gasteiger partial charge in [-0.15, -0.1) is 0 Å². The lowest BCUT2D eigenvalue weighted by Crippen LogP contribution is -2.14. The first-order chi connectivity index (χ1) is 11.3. The van der Waals surface area contributed by atoms with Crippen LogP contribution in [-0.2, 0) is 13.5 Å². The number of hydrogen-bond donors (Lipinski definition) is 2. The van der Waals surface area contributed by atoms with Crippen LogP contribution in [0.1, 0.15) is 54.3 Å². The molecule has 1 amide bonds. The number of hydrogen-bond acceptors (Lipinski definition) is 3. The molecular weight excluding hydrogens is 304 g/mol. The van der Waals surface area contributed by atoms with Crippen molar-refractivity contribution in [3.05, 3.63) is 28.7 Å². The zero-order valence-electron chi connectivity index (χ0n) is 15.1. The van der Waals surface area contributed by atoms with Crippen LogP contribution >= 0.6 is 0 Å². The molecule has 0 aromatic carbocycles. The van der Waals surface area contributed by atoms with Crippen molar-refractivity contribution in [2.75, 3.05) is 5.32 Å². The first kappa shape index (κ1) is 16.3. The minimum Gasteiger partial charge on any atom is -0.346 e. The second-order valence-corrected chi connectivity index (χ2v) is 6.42. The molecule has 3 rings (SSSR count). The number of carbonyl (C=O) groups excluding carboxylic acids is 1. The Morgan fingerprint density at radius 2 is 2.08 bits per heavy atom. The number of fused-ring (bicyclic) bond motifs is 1. The number of amides is 1. The lowest BCUT2D eigenvalue weighted by Gasteiger charge is -2.13. The third kappa shape index (κ3) is 2.40. The number of anilines is 1. The van der Waals surface area contributed by atoms with Crippen LogP contribution in [0.4, 0.5) is 5.82 Å². The summed E-state index contributed by atoms with van der Waals surface area (Å²) in [6, 6.07) is 2.25. The van der Waals surface area contributed by atoms with Crippen molar-refractivity contribution >= 4 is 22.8 Å². The van der Waals surface area contributed by atoms with Crippen LogP contribution in [-0.4, -0.2) is 30.5 Å². The van der Waals surface area contributed by atoms with E-state index in [1.165, 1.54) is 0 Å². The van der Waals surface area contributed by atoms with E-state index in [0.717, 1.165) is 34.5 Å². The normalized spacial score (nSPS) is 11.6. The average Bonchev–Trinajstić information content (AvgIpc) is 3.14. The van der Waals surface area contributed by atoms with Crippen molar-refractivity contribution < 1.29 is 4.79 Å². The Labute approximate surface area is 141 Å². The molecule has 0 bridgehead atoms. The molecule has 3 aromatic rings. The monoisotopic (exact) mass is 328 g/mol. The quantitative estimate of drug-likeness (QED) is 0.772. The fraction of sp³-hybridized carbons (Fsp3) is 0.471. The van der Waals surface area contributed by atoms with Gasteiger partial charge in [-0.1, -0.05) is 6.92 Å². The highest BCUT2D eigenvalue weighted by molar-refractivity contribution is 6.08. The van der Waals surface area contributed by atoms with Gasteiger partial charge in [0, 0.05) is 24.5 Å². The van der Waals surface area contributed by atoms with E-state index in [0.29, 0.717) is 17.4 Å². The van der Waals surface area contributed by atoms with Gasteiger partial charge in [0.1, 0.15) is 5.82 Å². The minimum absolute atomic E-state index is 0.133. The topological polar surface area (TPSA) is 80.5 Å². The molecule has 3 aromatic heterocycles. The Morgan fingerprint density at radius 1 is 1.38 bits per heavy atom.